The topological polar surface area (TPSA) is 81.7 Å². The highest BCUT2D eigenvalue weighted by atomic mass is 16.1. The van der Waals surface area contributed by atoms with Crippen molar-refractivity contribution in [3.8, 4) is 12.1 Å². The van der Waals surface area contributed by atoms with Gasteiger partial charge in [-0.2, -0.15) is 10.5 Å². The normalized spacial score (nSPS) is 31.4. The van der Waals surface area contributed by atoms with E-state index in [2.05, 4.69) is 67.5 Å². The molecule has 0 aliphatic heterocycles. The third-order valence-electron chi connectivity index (χ3n) is 11.4. The van der Waals surface area contributed by atoms with Gasteiger partial charge in [-0.15, -0.1) is 0 Å². The fourth-order valence-electron chi connectivity index (χ4n) is 7.61. The Morgan fingerprint density at radius 1 is 1.03 bits per heavy atom. The molecule has 0 amide bonds. The number of rotatable bonds is 10. The molecule has 0 spiro atoms. The maximum absolute atomic E-state index is 13.2. The van der Waals surface area contributed by atoms with E-state index in [1.54, 1.807) is 6.92 Å². The van der Waals surface area contributed by atoms with Gasteiger partial charge in [0.1, 0.15) is 11.9 Å². The molecule has 2 rings (SSSR count). The largest absolute Gasteiger partial charge is 0.300 e. The monoisotopic (exact) mass is 508 g/mol. The van der Waals surface area contributed by atoms with E-state index in [0.29, 0.717) is 6.42 Å². The van der Waals surface area contributed by atoms with Crippen LogP contribution >= 0.6 is 0 Å². The summed E-state index contributed by atoms with van der Waals surface area (Å²) in [5, 5.41) is 20.0. The Bertz CT molecular complexity index is 1020. The Labute approximate surface area is 227 Å². The molecule has 0 aromatic carbocycles. The highest BCUT2D eigenvalue weighted by Crippen LogP contribution is 2.68. The molecule has 2 aliphatic carbocycles. The smallest absolute Gasteiger partial charge is 0.178 e. The van der Waals surface area contributed by atoms with E-state index >= 15 is 0 Å². The molecule has 4 nitrogen and oxygen atoms in total. The zero-order valence-corrected chi connectivity index (χ0v) is 25.6. The van der Waals surface area contributed by atoms with Crippen LogP contribution in [0.3, 0.4) is 0 Å². The van der Waals surface area contributed by atoms with Crippen LogP contribution < -0.4 is 0 Å². The third kappa shape index (κ3) is 5.75. The molecule has 1 saturated carbocycles. The van der Waals surface area contributed by atoms with Crippen molar-refractivity contribution >= 4 is 11.6 Å². The molecular formula is C33H52N2O2. The summed E-state index contributed by atoms with van der Waals surface area (Å²) in [6.07, 6.45) is 8.91. The van der Waals surface area contributed by atoms with E-state index in [9.17, 15) is 20.1 Å². The summed E-state index contributed by atoms with van der Waals surface area (Å²) in [7, 11) is 0. The van der Waals surface area contributed by atoms with Crippen molar-refractivity contribution in [3.63, 3.8) is 0 Å². The van der Waals surface area contributed by atoms with Crippen LogP contribution in [0.1, 0.15) is 128 Å². The molecule has 0 aromatic rings. The van der Waals surface area contributed by atoms with Crippen LogP contribution in [-0.4, -0.2) is 11.6 Å². The number of fused-ring (bicyclic) bond motifs is 1. The van der Waals surface area contributed by atoms with Gasteiger partial charge < -0.3 is 4.79 Å². The van der Waals surface area contributed by atoms with Crippen LogP contribution in [0.25, 0.3) is 0 Å². The highest BCUT2D eigenvalue weighted by molar-refractivity contribution is 6.04. The van der Waals surface area contributed by atoms with Gasteiger partial charge in [-0.25, -0.2) is 0 Å². The van der Waals surface area contributed by atoms with Crippen molar-refractivity contribution < 1.29 is 9.59 Å². The highest BCUT2D eigenvalue weighted by Gasteiger charge is 2.63. The summed E-state index contributed by atoms with van der Waals surface area (Å²) < 4.78 is 0. The lowest BCUT2D eigenvalue weighted by molar-refractivity contribution is -0.155. The standard InChI is InChI=1S/C33H52N2O2/c1-12-28(3,4)15-17-31(9,22-35)18-16-29(5,6)33(11)14-13-25-30(7,8)27(37)24(21-34)20-32(25,10)26(33)19-23(2)36/h20,25-26H,12-19H2,1-11H3/t25-,26+,31-,32-,33+/m0/s1. The van der Waals surface area contributed by atoms with Gasteiger partial charge >= 0.3 is 0 Å². The maximum Gasteiger partial charge on any atom is 0.178 e. The number of allylic oxidation sites excluding steroid dienone is 2. The van der Waals surface area contributed by atoms with Crippen LogP contribution in [-0.2, 0) is 9.59 Å². The van der Waals surface area contributed by atoms with E-state index in [1.807, 2.05) is 19.9 Å². The summed E-state index contributed by atoms with van der Waals surface area (Å²) >= 11 is 0. The number of nitrogens with zero attached hydrogens (tertiary/aromatic N) is 2. The van der Waals surface area contributed by atoms with Gasteiger partial charge in [0.05, 0.1) is 17.1 Å². The summed E-state index contributed by atoms with van der Waals surface area (Å²) in [6, 6.07) is 4.83. The van der Waals surface area contributed by atoms with Gasteiger partial charge in [-0.3, -0.25) is 4.79 Å². The van der Waals surface area contributed by atoms with E-state index in [0.717, 1.165) is 44.9 Å². The number of hydrogen-bond acceptors (Lipinski definition) is 4. The minimum absolute atomic E-state index is 0.00865. The van der Waals surface area contributed by atoms with Gasteiger partial charge in [-0.05, 0) is 85.9 Å². The fraction of sp³-hybridized carbons (Fsp3) is 0.818. The van der Waals surface area contributed by atoms with Crippen LogP contribution in [0.2, 0.25) is 0 Å². The lowest BCUT2D eigenvalue weighted by atomic mass is 9.39. The molecular weight excluding hydrogens is 456 g/mol. The SMILES string of the molecule is CCC(C)(C)CC[C@](C)(C#N)CCC(C)(C)[C@]1(C)CC[C@H]2C(C)(C)C(=O)C(C#N)=C[C@]2(C)[C@H]1CC(C)=O. The second-order valence-electron chi connectivity index (χ2n) is 15.1. The summed E-state index contributed by atoms with van der Waals surface area (Å²) in [4.78, 5) is 25.9. The van der Waals surface area contributed by atoms with Crippen LogP contribution in [0.5, 0.6) is 0 Å². The molecule has 4 heteroatoms. The Kier molecular flexibility index (Phi) is 8.72. The molecule has 37 heavy (non-hydrogen) atoms. The lowest BCUT2D eigenvalue weighted by Gasteiger charge is -2.64. The zero-order valence-electron chi connectivity index (χ0n) is 25.6. The van der Waals surface area contributed by atoms with Crippen LogP contribution in [0.4, 0.5) is 0 Å². The first-order valence-corrected chi connectivity index (χ1v) is 14.3. The van der Waals surface area contributed by atoms with Crippen molar-refractivity contribution in [1.82, 2.24) is 0 Å². The van der Waals surface area contributed by atoms with E-state index in [4.69, 9.17) is 0 Å². The second-order valence-corrected chi connectivity index (χ2v) is 15.1. The molecule has 2 aliphatic rings. The molecule has 0 radical (unpaired) electrons. The van der Waals surface area contributed by atoms with Crippen molar-refractivity contribution in [2.45, 2.75) is 128 Å². The van der Waals surface area contributed by atoms with Gasteiger partial charge in [0.15, 0.2) is 5.78 Å². The third-order valence-corrected chi connectivity index (χ3v) is 11.4. The molecule has 1 fully saturated rings. The van der Waals surface area contributed by atoms with E-state index in [-0.39, 0.29) is 50.6 Å². The molecule has 0 bridgehead atoms. The number of ketones is 2. The Balaban J connectivity index is 2.48. The molecule has 0 heterocycles. The van der Waals surface area contributed by atoms with Crippen molar-refractivity contribution in [2.24, 2.45) is 44.3 Å². The number of carbonyl (C=O) groups is 2. The minimum atomic E-state index is -0.638. The molecule has 0 unspecified atom stereocenters. The number of carbonyl (C=O) groups excluding carboxylic acids is 2. The molecule has 5 atom stereocenters. The van der Waals surface area contributed by atoms with Gasteiger partial charge in [0.2, 0.25) is 0 Å². The Hall–Kier alpha value is -1.94. The first-order valence-electron chi connectivity index (χ1n) is 14.3. The number of nitriles is 2. The fourth-order valence-corrected chi connectivity index (χ4v) is 7.61. The predicted molar refractivity (Wildman–Crippen MR) is 150 cm³/mol. The summed E-state index contributed by atoms with van der Waals surface area (Å²) in [5.41, 5.74) is -1.29. The maximum atomic E-state index is 13.2. The minimum Gasteiger partial charge on any atom is -0.300 e. The van der Waals surface area contributed by atoms with E-state index < -0.39 is 10.8 Å². The molecule has 0 N–H and O–H groups in total. The average Bonchev–Trinajstić information content (AvgIpc) is 2.81. The lowest BCUT2D eigenvalue weighted by Crippen LogP contribution is -2.60. The number of Topliss-reactive ketones (excluding diaryl/α,β-unsaturated/α-hetero) is 2. The molecule has 206 valence electrons. The van der Waals surface area contributed by atoms with Crippen molar-refractivity contribution in [2.75, 3.05) is 0 Å². The predicted octanol–water partition coefficient (Wildman–Crippen LogP) is 8.62. The molecule has 0 saturated heterocycles. The average molecular weight is 509 g/mol. The Morgan fingerprint density at radius 2 is 1.59 bits per heavy atom. The van der Waals surface area contributed by atoms with Gasteiger partial charge in [-0.1, -0.05) is 74.8 Å². The van der Waals surface area contributed by atoms with Gasteiger partial charge in [0.25, 0.3) is 0 Å². The van der Waals surface area contributed by atoms with Gasteiger partial charge in [0, 0.05) is 11.8 Å². The van der Waals surface area contributed by atoms with Crippen LogP contribution in [0, 0.1) is 67.0 Å². The first-order chi connectivity index (χ1) is 16.7. The van der Waals surface area contributed by atoms with Crippen molar-refractivity contribution in [3.05, 3.63) is 11.6 Å². The quantitative estimate of drug-likeness (QED) is 0.296. The summed E-state index contributed by atoms with van der Waals surface area (Å²) in [5.74, 6) is 0.175. The first kappa shape index (κ1) is 31.3. The summed E-state index contributed by atoms with van der Waals surface area (Å²) in [6.45, 7) is 23.7. The second kappa shape index (κ2) is 10.3. The van der Waals surface area contributed by atoms with E-state index in [1.165, 1.54) is 0 Å². The zero-order chi connectivity index (χ0) is 28.7. The number of hydrogen-bond donors (Lipinski definition) is 0. The van der Waals surface area contributed by atoms with Crippen LogP contribution in [0.15, 0.2) is 11.6 Å². The molecule has 0 aromatic heterocycles. The van der Waals surface area contributed by atoms with Crippen molar-refractivity contribution in [1.29, 1.82) is 10.5 Å². The Morgan fingerprint density at radius 3 is 2.08 bits per heavy atom.